The molecule has 0 radical (unpaired) electrons. The van der Waals surface area contributed by atoms with Crippen molar-refractivity contribution in [3.63, 3.8) is 0 Å². The Morgan fingerprint density at radius 3 is 2.25 bits per heavy atom. The molecule has 0 saturated heterocycles. The number of rotatable bonds is 4. The zero-order valence-corrected chi connectivity index (χ0v) is 12.1. The normalized spacial score (nSPS) is 11.2. The lowest BCUT2D eigenvalue weighted by molar-refractivity contribution is 0.922. The first-order chi connectivity index (χ1) is 9.72. The topological polar surface area (TPSA) is 23.8 Å². The van der Waals surface area contributed by atoms with Crippen molar-refractivity contribution in [2.24, 2.45) is 0 Å². The van der Waals surface area contributed by atoms with Gasteiger partial charge in [0.15, 0.2) is 0 Å². The van der Waals surface area contributed by atoms with Crippen molar-refractivity contribution in [2.75, 3.05) is 0 Å². The highest BCUT2D eigenvalue weighted by Crippen LogP contribution is 2.18. The van der Waals surface area contributed by atoms with Gasteiger partial charge in [0.25, 0.3) is 0 Å². The van der Waals surface area contributed by atoms with Gasteiger partial charge in [-0.3, -0.25) is 0 Å². The van der Waals surface area contributed by atoms with E-state index in [0.717, 1.165) is 12.0 Å². The van der Waals surface area contributed by atoms with Crippen LogP contribution in [0.2, 0.25) is 0 Å². The standard InChI is InChI=1S/C19H19N/c1-3-4-16-5-7-17(8-6-16)13-15(2)19-11-9-18(14-20)10-12-19/h5-13H,3-4H2,1-2H3/b15-13+. The fraction of sp³-hybridized carbons (Fsp3) is 0.211. The first-order valence-corrected chi connectivity index (χ1v) is 7.00. The van der Waals surface area contributed by atoms with Crippen LogP contribution in [0.5, 0.6) is 0 Å². The van der Waals surface area contributed by atoms with Gasteiger partial charge in [-0.2, -0.15) is 5.26 Å². The smallest absolute Gasteiger partial charge is 0.0991 e. The van der Waals surface area contributed by atoms with Crippen molar-refractivity contribution < 1.29 is 0 Å². The Hall–Kier alpha value is -2.33. The van der Waals surface area contributed by atoms with E-state index >= 15 is 0 Å². The number of hydrogen-bond acceptors (Lipinski definition) is 1. The van der Waals surface area contributed by atoms with Crippen molar-refractivity contribution in [3.05, 3.63) is 70.8 Å². The first-order valence-electron chi connectivity index (χ1n) is 7.00. The summed E-state index contributed by atoms with van der Waals surface area (Å²) in [4.78, 5) is 0. The number of benzene rings is 2. The van der Waals surface area contributed by atoms with Crippen LogP contribution in [0.3, 0.4) is 0 Å². The Balaban J connectivity index is 2.18. The highest BCUT2D eigenvalue weighted by molar-refractivity contribution is 5.80. The molecule has 0 saturated carbocycles. The Kier molecular flexibility index (Phi) is 4.74. The number of aryl methyl sites for hydroxylation is 1. The predicted octanol–water partition coefficient (Wildman–Crippen LogP) is 5.07. The third-order valence-electron chi connectivity index (χ3n) is 3.37. The predicted molar refractivity (Wildman–Crippen MR) is 85.1 cm³/mol. The fourth-order valence-electron chi connectivity index (χ4n) is 2.21. The monoisotopic (exact) mass is 261 g/mol. The van der Waals surface area contributed by atoms with E-state index in [9.17, 15) is 0 Å². The molecule has 0 aromatic heterocycles. The molecule has 2 aromatic carbocycles. The maximum Gasteiger partial charge on any atom is 0.0991 e. The van der Waals surface area contributed by atoms with E-state index in [4.69, 9.17) is 5.26 Å². The lowest BCUT2D eigenvalue weighted by Gasteiger charge is -2.03. The Morgan fingerprint density at radius 1 is 1.05 bits per heavy atom. The highest BCUT2D eigenvalue weighted by Gasteiger charge is 1.98. The summed E-state index contributed by atoms with van der Waals surface area (Å²) < 4.78 is 0. The van der Waals surface area contributed by atoms with Gasteiger partial charge in [0, 0.05) is 0 Å². The van der Waals surface area contributed by atoms with Crippen LogP contribution in [0.4, 0.5) is 0 Å². The summed E-state index contributed by atoms with van der Waals surface area (Å²) in [7, 11) is 0. The van der Waals surface area contributed by atoms with E-state index in [-0.39, 0.29) is 0 Å². The van der Waals surface area contributed by atoms with Gasteiger partial charge in [-0.25, -0.2) is 0 Å². The molecule has 20 heavy (non-hydrogen) atoms. The lowest BCUT2D eigenvalue weighted by Crippen LogP contribution is -1.84. The molecule has 0 atom stereocenters. The van der Waals surface area contributed by atoms with E-state index in [2.05, 4.69) is 50.3 Å². The second-order valence-electron chi connectivity index (χ2n) is 5.01. The molecule has 0 bridgehead atoms. The maximum atomic E-state index is 8.81. The summed E-state index contributed by atoms with van der Waals surface area (Å²) in [6.45, 7) is 4.30. The maximum absolute atomic E-state index is 8.81. The molecule has 0 spiro atoms. The summed E-state index contributed by atoms with van der Waals surface area (Å²) in [6.07, 6.45) is 4.50. The van der Waals surface area contributed by atoms with Crippen LogP contribution in [-0.4, -0.2) is 0 Å². The summed E-state index contributed by atoms with van der Waals surface area (Å²) in [5, 5.41) is 8.81. The van der Waals surface area contributed by atoms with Gasteiger partial charge in [0.05, 0.1) is 11.6 Å². The van der Waals surface area contributed by atoms with Crippen molar-refractivity contribution in [2.45, 2.75) is 26.7 Å². The van der Waals surface area contributed by atoms with Crippen LogP contribution in [-0.2, 0) is 6.42 Å². The number of allylic oxidation sites excluding steroid dienone is 1. The van der Waals surface area contributed by atoms with Crippen molar-refractivity contribution in [1.82, 2.24) is 0 Å². The lowest BCUT2D eigenvalue weighted by atomic mass is 10.0. The second-order valence-corrected chi connectivity index (χ2v) is 5.01. The van der Waals surface area contributed by atoms with Gasteiger partial charge in [-0.05, 0) is 47.7 Å². The van der Waals surface area contributed by atoms with Crippen LogP contribution < -0.4 is 0 Å². The molecule has 0 unspecified atom stereocenters. The number of nitriles is 1. The number of nitrogens with zero attached hydrogens (tertiary/aromatic N) is 1. The van der Waals surface area contributed by atoms with E-state index in [1.807, 2.05) is 24.3 Å². The van der Waals surface area contributed by atoms with Gasteiger partial charge in [0.1, 0.15) is 0 Å². The van der Waals surface area contributed by atoms with Gasteiger partial charge in [-0.15, -0.1) is 0 Å². The van der Waals surface area contributed by atoms with Crippen LogP contribution in [0.1, 0.15) is 42.5 Å². The van der Waals surface area contributed by atoms with E-state index < -0.39 is 0 Å². The van der Waals surface area contributed by atoms with Crippen molar-refractivity contribution in [3.8, 4) is 6.07 Å². The van der Waals surface area contributed by atoms with Crippen LogP contribution in [0.25, 0.3) is 11.6 Å². The average Bonchev–Trinajstić information content (AvgIpc) is 2.49. The van der Waals surface area contributed by atoms with Crippen LogP contribution >= 0.6 is 0 Å². The molecular weight excluding hydrogens is 242 g/mol. The SMILES string of the molecule is CCCc1ccc(/C=C(\C)c2ccc(C#N)cc2)cc1. The Labute approximate surface area is 121 Å². The third-order valence-corrected chi connectivity index (χ3v) is 3.37. The molecule has 100 valence electrons. The zero-order valence-electron chi connectivity index (χ0n) is 12.1. The molecule has 2 aromatic rings. The molecule has 2 rings (SSSR count). The molecule has 1 nitrogen and oxygen atoms in total. The molecule has 0 fully saturated rings. The van der Waals surface area contributed by atoms with E-state index in [1.54, 1.807) is 0 Å². The quantitative estimate of drug-likeness (QED) is 0.705. The van der Waals surface area contributed by atoms with Gasteiger partial charge in [0.2, 0.25) is 0 Å². The molecule has 0 N–H and O–H groups in total. The van der Waals surface area contributed by atoms with Crippen LogP contribution in [0, 0.1) is 11.3 Å². The Morgan fingerprint density at radius 2 is 1.70 bits per heavy atom. The highest BCUT2D eigenvalue weighted by atomic mass is 14.2. The first kappa shape index (κ1) is 14.1. The van der Waals surface area contributed by atoms with Gasteiger partial charge in [-0.1, -0.05) is 55.8 Å². The molecule has 0 amide bonds. The largest absolute Gasteiger partial charge is 0.192 e. The second kappa shape index (κ2) is 6.73. The fourth-order valence-corrected chi connectivity index (χ4v) is 2.21. The summed E-state index contributed by atoms with van der Waals surface area (Å²) >= 11 is 0. The third kappa shape index (κ3) is 3.59. The van der Waals surface area contributed by atoms with Crippen molar-refractivity contribution >= 4 is 11.6 Å². The minimum atomic E-state index is 0.700. The molecule has 1 heteroatoms. The molecular formula is C19H19N. The van der Waals surface area contributed by atoms with E-state index in [0.29, 0.717) is 5.56 Å². The molecule has 0 heterocycles. The molecule has 0 aliphatic carbocycles. The zero-order chi connectivity index (χ0) is 14.4. The molecule has 0 aliphatic heterocycles. The Bertz CT molecular complexity index is 625. The summed E-state index contributed by atoms with van der Waals surface area (Å²) in [5.74, 6) is 0. The average molecular weight is 261 g/mol. The summed E-state index contributed by atoms with van der Waals surface area (Å²) in [6, 6.07) is 18.6. The number of hydrogen-bond donors (Lipinski definition) is 0. The minimum Gasteiger partial charge on any atom is -0.192 e. The summed E-state index contributed by atoms with van der Waals surface area (Å²) in [5.41, 5.74) is 5.66. The van der Waals surface area contributed by atoms with Crippen molar-refractivity contribution in [1.29, 1.82) is 5.26 Å². The minimum absolute atomic E-state index is 0.700. The van der Waals surface area contributed by atoms with Gasteiger partial charge >= 0.3 is 0 Å². The molecule has 0 aliphatic rings. The van der Waals surface area contributed by atoms with Gasteiger partial charge < -0.3 is 0 Å². The van der Waals surface area contributed by atoms with E-state index in [1.165, 1.54) is 23.1 Å². The van der Waals surface area contributed by atoms with Crippen LogP contribution in [0.15, 0.2) is 48.5 Å².